The molecular weight excluding hydrogens is 339 g/mol. The van der Waals surface area contributed by atoms with Crippen LogP contribution in [0.15, 0.2) is 54.7 Å². The van der Waals surface area contributed by atoms with Crippen LogP contribution in [0.3, 0.4) is 0 Å². The lowest BCUT2D eigenvalue weighted by Gasteiger charge is -2.16. The molecule has 6 heteroatoms. The summed E-state index contributed by atoms with van der Waals surface area (Å²) < 4.78 is 14.0. The summed E-state index contributed by atoms with van der Waals surface area (Å²) >= 11 is 6.10. The van der Waals surface area contributed by atoms with Crippen molar-refractivity contribution in [2.24, 2.45) is 0 Å². The van der Waals surface area contributed by atoms with Crippen LogP contribution in [0.25, 0.3) is 11.3 Å². The lowest BCUT2D eigenvalue weighted by Crippen LogP contribution is -2.22. The summed E-state index contributed by atoms with van der Waals surface area (Å²) in [7, 11) is 0. The van der Waals surface area contributed by atoms with Gasteiger partial charge in [0.25, 0.3) is 0 Å². The molecule has 0 saturated carbocycles. The Balaban J connectivity index is 1.57. The van der Waals surface area contributed by atoms with Crippen molar-refractivity contribution in [3.8, 4) is 11.3 Å². The molecule has 0 radical (unpaired) electrons. The number of rotatable bonds is 3. The van der Waals surface area contributed by atoms with Gasteiger partial charge in [-0.15, -0.1) is 5.10 Å². The third-order valence-corrected chi connectivity index (χ3v) is 4.72. The zero-order valence-corrected chi connectivity index (χ0v) is 14.2. The number of benzene rings is 2. The first-order chi connectivity index (χ1) is 12.2. The number of anilines is 1. The third-order valence-electron chi connectivity index (χ3n) is 4.49. The van der Waals surface area contributed by atoms with E-state index in [0.29, 0.717) is 23.1 Å². The smallest absolute Gasteiger partial charge is 0.245 e. The van der Waals surface area contributed by atoms with Gasteiger partial charge in [-0.25, -0.2) is 9.37 Å². The topological polar surface area (TPSA) is 41.9 Å². The van der Waals surface area contributed by atoms with Gasteiger partial charge in [0.15, 0.2) is 0 Å². The summed E-state index contributed by atoms with van der Waals surface area (Å²) in [4.78, 5) is 6.60. The molecule has 1 atom stereocenters. The molecule has 25 heavy (non-hydrogen) atoms. The molecule has 4 nitrogen and oxygen atoms in total. The Labute approximate surface area is 150 Å². The van der Waals surface area contributed by atoms with Crippen LogP contribution in [-0.4, -0.2) is 28.3 Å². The second-order valence-electron chi connectivity index (χ2n) is 6.11. The molecule has 2 heterocycles. The first-order valence-electron chi connectivity index (χ1n) is 8.16. The second-order valence-corrected chi connectivity index (χ2v) is 6.54. The van der Waals surface area contributed by atoms with Gasteiger partial charge in [0.05, 0.1) is 11.9 Å². The number of hydrogen-bond acceptors (Lipinski definition) is 4. The maximum atomic E-state index is 14.0. The first-order valence-corrected chi connectivity index (χ1v) is 8.53. The largest absolute Gasteiger partial charge is 0.339 e. The Bertz CT molecular complexity index is 902. The van der Waals surface area contributed by atoms with Crippen LogP contribution in [0.2, 0.25) is 5.02 Å². The van der Waals surface area contributed by atoms with E-state index in [1.807, 2.05) is 18.2 Å². The lowest BCUT2D eigenvalue weighted by atomic mass is 9.99. The highest BCUT2D eigenvalue weighted by Crippen LogP contribution is 2.31. The standard InChI is InChI=1S/C19H16ClFN4/c20-15-5-3-4-13(10-15)14-8-9-25(12-14)19-23-18(11-22-24-19)16-6-1-2-7-17(16)21/h1-7,10-11,14H,8-9,12H2/t14-/m1/s1. The van der Waals surface area contributed by atoms with Crippen LogP contribution < -0.4 is 4.90 Å². The summed E-state index contributed by atoms with van der Waals surface area (Å²) in [6.07, 6.45) is 2.49. The van der Waals surface area contributed by atoms with E-state index in [1.165, 1.54) is 17.8 Å². The van der Waals surface area contributed by atoms with Crippen LogP contribution in [0.4, 0.5) is 10.3 Å². The molecule has 1 fully saturated rings. The fraction of sp³-hybridized carbons (Fsp3) is 0.211. The van der Waals surface area contributed by atoms with Crippen molar-refractivity contribution in [2.45, 2.75) is 12.3 Å². The Morgan fingerprint density at radius 3 is 2.84 bits per heavy atom. The maximum Gasteiger partial charge on any atom is 0.245 e. The average Bonchev–Trinajstić information content (AvgIpc) is 3.12. The quantitative estimate of drug-likeness (QED) is 0.702. The maximum absolute atomic E-state index is 14.0. The molecule has 126 valence electrons. The summed E-state index contributed by atoms with van der Waals surface area (Å²) in [6.45, 7) is 1.63. The summed E-state index contributed by atoms with van der Waals surface area (Å²) in [5.41, 5.74) is 2.15. The average molecular weight is 355 g/mol. The molecule has 0 unspecified atom stereocenters. The Kier molecular flexibility index (Phi) is 4.32. The van der Waals surface area contributed by atoms with Gasteiger partial charge in [0.1, 0.15) is 5.82 Å². The molecule has 3 aromatic rings. The molecule has 1 aliphatic rings. The van der Waals surface area contributed by atoms with Crippen molar-refractivity contribution in [3.05, 3.63) is 71.1 Å². The lowest BCUT2D eigenvalue weighted by molar-refractivity contribution is 0.630. The van der Waals surface area contributed by atoms with E-state index in [2.05, 4.69) is 26.1 Å². The number of nitrogens with zero attached hydrogens (tertiary/aromatic N) is 4. The van der Waals surface area contributed by atoms with Gasteiger partial charge in [-0.3, -0.25) is 0 Å². The van der Waals surface area contributed by atoms with E-state index in [9.17, 15) is 4.39 Å². The third kappa shape index (κ3) is 3.33. The molecular formula is C19H16ClFN4. The van der Waals surface area contributed by atoms with Crippen molar-refractivity contribution >= 4 is 17.5 Å². The van der Waals surface area contributed by atoms with Crippen LogP contribution in [0.1, 0.15) is 17.9 Å². The van der Waals surface area contributed by atoms with E-state index >= 15 is 0 Å². The highest BCUT2D eigenvalue weighted by Gasteiger charge is 2.26. The summed E-state index contributed by atoms with van der Waals surface area (Å²) in [6, 6.07) is 14.5. The van der Waals surface area contributed by atoms with Gasteiger partial charge >= 0.3 is 0 Å². The fourth-order valence-corrected chi connectivity index (χ4v) is 3.40. The van der Waals surface area contributed by atoms with Crippen LogP contribution in [0.5, 0.6) is 0 Å². The minimum Gasteiger partial charge on any atom is -0.339 e. The molecule has 0 N–H and O–H groups in total. The Morgan fingerprint density at radius 2 is 2.00 bits per heavy atom. The van der Waals surface area contributed by atoms with E-state index in [0.717, 1.165) is 24.5 Å². The monoisotopic (exact) mass is 354 g/mol. The number of aromatic nitrogens is 3. The molecule has 0 spiro atoms. The van der Waals surface area contributed by atoms with E-state index in [-0.39, 0.29) is 5.82 Å². The van der Waals surface area contributed by atoms with Gasteiger partial charge in [0, 0.05) is 29.6 Å². The Hall–Kier alpha value is -2.53. The minimum absolute atomic E-state index is 0.313. The fourth-order valence-electron chi connectivity index (χ4n) is 3.20. The van der Waals surface area contributed by atoms with Crippen LogP contribution >= 0.6 is 11.6 Å². The summed E-state index contributed by atoms with van der Waals surface area (Å²) in [5.74, 6) is 0.594. The molecule has 2 aromatic carbocycles. The van der Waals surface area contributed by atoms with Gasteiger partial charge in [-0.1, -0.05) is 35.9 Å². The highest BCUT2D eigenvalue weighted by molar-refractivity contribution is 6.30. The molecule has 1 aromatic heterocycles. The zero-order valence-electron chi connectivity index (χ0n) is 13.4. The van der Waals surface area contributed by atoms with Gasteiger partial charge in [0.2, 0.25) is 5.95 Å². The van der Waals surface area contributed by atoms with E-state index < -0.39 is 0 Å². The zero-order chi connectivity index (χ0) is 17.2. The van der Waals surface area contributed by atoms with Gasteiger partial charge in [-0.05, 0) is 36.2 Å². The SMILES string of the molecule is Fc1ccccc1-c1cnnc(N2CC[C@@H](c3cccc(Cl)c3)C2)n1. The Morgan fingerprint density at radius 1 is 1.12 bits per heavy atom. The normalized spacial score (nSPS) is 17.0. The van der Waals surface area contributed by atoms with E-state index in [4.69, 9.17) is 11.6 Å². The predicted octanol–water partition coefficient (Wildman–Crippen LogP) is 4.33. The van der Waals surface area contributed by atoms with Gasteiger partial charge < -0.3 is 4.90 Å². The first kappa shape index (κ1) is 16.0. The number of hydrogen-bond donors (Lipinski definition) is 0. The van der Waals surface area contributed by atoms with Crippen LogP contribution in [0, 0.1) is 5.82 Å². The molecule has 4 rings (SSSR count). The van der Waals surface area contributed by atoms with E-state index in [1.54, 1.807) is 18.2 Å². The second kappa shape index (κ2) is 6.76. The molecule has 0 aliphatic carbocycles. The van der Waals surface area contributed by atoms with Crippen molar-refractivity contribution in [3.63, 3.8) is 0 Å². The van der Waals surface area contributed by atoms with Crippen LogP contribution in [-0.2, 0) is 0 Å². The molecule has 1 saturated heterocycles. The minimum atomic E-state index is -0.313. The molecule has 1 aliphatic heterocycles. The highest BCUT2D eigenvalue weighted by atomic mass is 35.5. The molecule has 0 bridgehead atoms. The van der Waals surface area contributed by atoms with Gasteiger partial charge in [-0.2, -0.15) is 5.10 Å². The summed E-state index contributed by atoms with van der Waals surface area (Å²) in [5, 5.41) is 8.90. The van der Waals surface area contributed by atoms with Crippen molar-refractivity contribution < 1.29 is 4.39 Å². The van der Waals surface area contributed by atoms with Crippen molar-refractivity contribution in [1.29, 1.82) is 0 Å². The predicted molar refractivity (Wildman–Crippen MR) is 96.2 cm³/mol. The van der Waals surface area contributed by atoms with Crippen molar-refractivity contribution in [1.82, 2.24) is 15.2 Å². The molecule has 0 amide bonds. The number of halogens is 2. The van der Waals surface area contributed by atoms with Crippen molar-refractivity contribution in [2.75, 3.05) is 18.0 Å².